The molecular formula is C21H25ClN4O2. The van der Waals surface area contributed by atoms with Gasteiger partial charge in [0, 0.05) is 29.9 Å². The van der Waals surface area contributed by atoms with Crippen LogP contribution in [0, 0.1) is 0 Å². The highest BCUT2D eigenvalue weighted by Crippen LogP contribution is 2.39. The number of ether oxygens (including phenoxy) is 1. The molecule has 0 unspecified atom stereocenters. The van der Waals surface area contributed by atoms with Gasteiger partial charge in [0.25, 0.3) is 0 Å². The summed E-state index contributed by atoms with van der Waals surface area (Å²) in [7, 11) is 2.03. The van der Waals surface area contributed by atoms with Crippen LogP contribution in [0.1, 0.15) is 31.2 Å². The molecule has 1 aromatic heterocycles. The zero-order chi connectivity index (χ0) is 19.5. The van der Waals surface area contributed by atoms with E-state index in [2.05, 4.69) is 26.3 Å². The number of nitrogens with zero attached hydrogens (tertiary/aromatic N) is 3. The summed E-state index contributed by atoms with van der Waals surface area (Å²) in [5.41, 5.74) is 2.94. The van der Waals surface area contributed by atoms with Crippen molar-refractivity contribution in [2.45, 2.75) is 44.2 Å². The number of amides is 1. The lowest BCUT2D eigenvalue weighted by atomic mass is 10.0. The Morgan fingerprint density at radius 2 is 2.07 bits per heavy atom. The maximum absolute atomic E-state index is 12.6. The number of rotatable bonds is 4. The molecule has 1 fully saturated rings. The summed E-state index contributed by atoms with van der Waals surface area (Å²) in [6, 6.07) is 3.90. The first-order chi connectivity index (χ1) is 13.6. The molecule has 4 rings (SSSR count). The van der Waals surface area contributed by atoms with Crippen LogP contribution in [0.4, 0.5) is 0 Å². The van der Waals surface area contributed by atoms with Gasteiger partial charge in [0.2, 0.25) is 5.91 Å². The van der Waals surface area contributed by atoms with Gasteiger partial charge in [0.05, 0.1) is 17.6 Å². The number of halogens is 1. The van der Waals surface area contributed by atoms with Gasteiger partial charge in [-0.15, -0.1) is 0 Å². The number of fused-ring (bicyclic) bond motifs is 1. The first-order valence-corrected chi connectivity index (χ1v) is 10.2. The van der Waals surface area contributed by atoms with Gasteiger partial charge < -0.3 is 10.1 Å². The van der Waals surface area contributed by atoms with Crippen LogP contribution in [0.15, 0.2) is 30.9 Å². The van der Waals surface area contributed by atoms with E-state index in [1.54, 1.807) is 12.4 Å². The minimum atomic E-state index is -0.102. The molecule has 2 atom stereocenters. The lowest BCUT2D eigenvalue weighted by Crippen LogP contribution is -2.47. The third-order valence-electron chi connectivity index (χ3n) is 5.57. The van der Waals surface area contributed by atoms with Gasteiger partial charge in [-0.25, -0.2) is 9.97 Å². The van der Waals surface area contributed by atoms with E-state index < -0.39 is 0 Å². The molecule has 1 N–H and O–H groups in total. The number of likely N-dealkylation sites (tertiary alicyclic amines) is 1. The van der Waals surface area contributed by atoms with Gasteiger partial charge in [-0.3, -0.25) is 9.69 Å². The monoisotopic (exact) mass is 400 g/mol. The number of benzene rings is 1. The third-order valence-corrected chi connectivity index (χ3v) is 5.85. The van der Waals surface area contributed by atoms with Crippen molar-refractivity contribution in [1.82, 2.24) is 20.2 Å². The summed E-state index contributed by atoms with van der Waals surface area (Å²) in [5.74, 6) is 0.810. The molecule has 3 heterocycles. The van der Waals surface area contributed by atoms with E-state index in [4.69, 9.17) is 16.3 Å². The van der Waals surface area contributed by atoms with Gasteiger partial charge in [-0.2, -0.15) is 0 Å². The van der Waals surface area contributed by atoms with E-state index in [1.807, 2.05) is 13.1 Å². The summed E-state index contributed by atoms with van der Waals surface area (Å²) < 4.78 is 6.03. The van der Waals surface area contributed by atoms with E-state index in [0.717, 1.165) is 48.9 Å². The predicted octanol–water partition coefficient (Wildman–Crippen LogP) is 3.09. The minimum Gasteiger partial charge on any atom is -0.486 e. The van der Waals surface area contributed by atoms with Gasteiger partial charge in [0.1, 0.15) is 18.2 Å². The smallest absolute Gasteiger partial charge is 0.237 e. The zero-order valence-electron chi connectivity index (χ0n) is 16.0. The molecule has 1 saturated heterocycles. The highest BCUT2D eigenvalue weighted by Gasteiger charge is 2.29. The highest BCUT2D eigenvalue weighted by atomic mass is 35.5. The Kier molecular flexibility index (Phi) is 5.78. The Morgan fingerprint density at radius 1 is 1.25 bits per heavy atom. The topological polar surface area (TPSA) is 67.4 Å². The van der Waals surface area contributed by atoms with Crippen LogP contribution in [-0.2, 0) is 11.2 Å². The summed E-state index contributed by atoms with van der Waals surface area (Å²) >= 11 is 6.45. The van der Waals surface area contributed by atoms with Crippen LogP contribution in [0.25, 0.3) is 11.1 Å². The van der Waals surface area contributed by atoms with Crippen molar-refractivity contribution in [3.05, 3.63) is 41.4 Å². The molecule has 2 aliphatic rings. The standard InChI is InChI=1S/C21H25ClN4O2/c1-26-6-4-2-3-5-19(26)21(27)25-12-17-8-15-7-14(9-18(22)20(15)28-17)16-10-23-13-24-11-16/h7,9-11,13,17,19H,2-6,8,12H2,1H3,(H,25,27)/t17-,19-/m0/s1. The molecule has 2 aliphatic heterocycles. The van der Waals surface area contributed by atoms with Crippen molar-refractivity contribution >= 4 is 17.5 Å². The van der Waals surface area contributed by atoms with Crippen LogP contribution in [0.5, 0.6) is 5.75 Å². The zero-order valence-corrected chi connectivity index (χ0v) is 16.8. The first kappa shape index (κ1) is 19.2. The number of carbonyl (C=O) groups excluding carboxylic acids is 1. The van der Waals surface area contributed by atoms with Crippen molar-refractivity contribution in [2.75, 3.05) is 20.1 Å². The molecule has 28 heavy (non-hydrogen) atoms. The molecule has 0 bridgehead atoms. The van der Waals surface area contributed by atoms with Crippen molar-refractivity contribution in [3.63, 3.8) is 0 Å². The lowest BCUT2D eigenvalue weighted by molar-refractivity contribution is -0.126. The average Bonchev–Trinajstić information content (AvgIpc) is 3.01. The second kappa shape index (κ2) is 8.45. The Labute approximate surface area is 170 Å². The minimum absolute atomic E-state index is 0.0421. The number of nitrogens with one attached hydrogen (secondary N) is 1. The summed E-state index contributed by atoms with van der Waals surface area (Å²) in [6.07, 6.45) is 10.0. The first-order valence-electron chi connectivity index (χ1n) is 9.84. The Balaban J connectivity index is 1.40. The molecule has 148 valence electrons. The number of carbonyl (C=O) groups is 1. The lowest BCUT2D eigenvalue weighted by Gasteiger charge is -2.25. The Hall–Kier alpha value is -2.18. The number of likely N-dealkylation sites (N-methyl/N-ethyl adjacent to an activating group) is 1. The molecule has 1 aromatic carbocycles. The molecule has 0 spiro atoms. The molecular weight excluding hydrogens is 376 g/mol. The highest BCUT2D eigenvalue weighted by molar-refractivity contribution is 6.32. The number of hydrogen-bond donors (Lipinski definition) is 1. The van der Waals surface area contributed by atoms with Crippen molar-refractivity contribution in [2.24, 2.45) is 0 Å². The van der Waals surface area contributed by atoms with Gasteiger partial charge >= 0.3 is 0 Å². The van der Waals surface area contributed by atoms with Crippen LogP contribution in [-0.4, -0.2) is 53.1 Å². The summed E-state index contributed by atoms with van der Waals surface area (Å²) in [4.78, 5) is 22.9. The fourth-order valence-electron chi connectivity index (χ4n) is 4.03. The quantitative estimate of drug-likeness (QED) is 0.854. The van der Waals surface area contributed by atoms with Gasteiger partial charge in [-0.05, 0) is 44.1 Å². The largest absolute Gasteiger partial charge is 0.486 e. The van der Waals surface area contributed by atoms with E-state index in [1.165, 1.54) is 12.7 Å². The van der Waals surface area contributed by atoms with Gasteiger partial charge in [0.15, 0.2) is 0 Å². The van der Waals surface area contributed by atoms with Gasteiger partial charge in [-0.1, -0.05) is 24.4 Å². The van der Waals surface area contributed by atoms with E-state index in [9.17, 15) is 4.79 Å². The summed E-state index contributed by atoms with van der Waals surface area (Å²) in [5, 5.41) is 3.66. The molecule has 0 aliphatic carbocycles. The van der Waals surface area contributed by atoms with Crippen LogP contribution in [0.3, 0.4) is 0 Å². The summed E-state index contributed by atoms with van der Waals surface area (Å²) in [6.45, 7) is 1.46. The second-order valence-corrected chi connectivity index (χ2v) is 8.02. The number of hydrogen-bond acceptors (Lipinski definition) is 5. The molecule has 7 heteroatoms. The van der Waals surface area contributed by atoms with E-state index in [-0.39, 0.29) is 18.1 Å². The Morgan fingerprint density at radius 3 is 2.89 bits per heavy atom. The molecule has 0 radical (unpaired) electrons. The average molecular weight is 401 g/mol. The predicted molar refractivity (Wildman–Crippen MR) is 108 cm³/mol. The van der Waals surface area contributed by atoms with Crippen molar-refractivity contribution in [1.29, 1.82) is 0 Å². The molecule has 2 aromatic rings. The van der Waals surface area contributed by atoms with Crippen molar-refractivity contribution in [3.8, 4) is 16.9 Å². The van der Waals surface area contributed by atoms with Crippen LogP contribution < -0.4 is 10.1 Å². The maximum atomic E-state index is 12.6. The third kappa shape index (κ3) is 4.13. The Bertz CT molecular complexity index is 846. The fourth-order valence-corrected chi connectivity index (χ4v) is 4.32. The second-order valence-electron chi connectivity index (χ2n) is 7.61. The van der Waals surface area contributed by atoms with E-state index in [0.29, 0.717) is 17.3 Å². The molecule has 1 amide bonds. The molecule has 0 saturated carbocycles. The fraction of sp³-hybridized carbons (Fsp3) is 0.476. The SMILES string of the molecule is CN1CCCCC[C@H]1C(=O)NC[C@@H]1Cc2cc(-c3cncnc3)cc(Cl)c2O1. The van der Waals surface area contributed by atoms with E-state index >= 15 is 0 Å². The van der Waals surface area contributed by atoms with Crippen LogP contribution in [0.2, 0.25) is 5.02 Å². The van der Waals surface area contributed by atoms with Crippen LogP contribution >= 0.6 is 11.6 Å². The number of aromatic nitrogens is 2. The normalized spacial score (nSPS) is 22.2. The maximum Gasteiger partial charge on any atom is 0.237 e. The van der Waals surface area contributed by atoms with Crippen molar-refractivity contribution < 1.29 is 9.53 Å². The molecule has 6 nitrogen and oxygen atoms in total.